The maximum atomic E-state index is 13.4. The van der Waals surface area contributed by atoms with Crippen LogP contribution in [0.5, 0.6) is 0 Å². The van der Waals surface area contributed by atoms with Gasteiger partial charge >= 0.3 is 0 Å². The smallest absolute Gasteiger partial charge is 0.286 e. The normalized spacial score (nSPS) is 10.1. The molecule has 1 N–H and O–H groups in total. The molecule has 0 unspecified atom stereocenters. The Morgan fingerprint density at radius 3 is 2.95 bits per heavy atom. The fourth-order valence-corrected chi connectivity index (χ4v) is 2.16. The molecule has 21 heavy (non-hydrogen) atoms. The van der Waals surface area contributed by atoms with E-state index in [1.165, 1.54) is 6.20 Å². The molecule has 0 atom stereocenters. The Kier molecular flexibility index (Phi) is 4.39. The number of carbonyl (C=O) groups is 1. The first kappa shape index (κ1) is 14.8. The first-order valence-electron chi connectivity index (χ1n) is 5.68. The van der Waals surface area contributed by atoms with Gasteiger partial charge in [-0.15, -0.1) is 0 Å². The Hall–Kier alpha value is -2.60. The van der Waals surface area contributed by atoms with Gasteiger partial charge in [0.1, 0.15) is 17.6 Å². The van der Waals surface area contributed by atoms with Crippen molar-refractivity contribution in [2.75, 3.05) is 12.0 Å². The maximum Gasteiger partial charge on any atom is 0.286 e. The first-order chi connectivity index (χ1) is 10.0. The molecule has 2 aromatic rings. The zero-order valence-corrected chi connectivity index (χ0v) is 11.3. The minimum absolute atomic E-state index is 0.0115. The molecule has 0 spiro atoms. The van der Waals surface area contributed by atoms with Crippen LogP contribution >= 0.6 is 11.3 Å². The number of aromatic nitrogens is 2. The van der Waals surface area contributed by atoms with Crippen molar-refractivity contribution in [3.8, 4) is 6.07 Å². The Balaban J connectivity index is 2.25. The van der Waals surface area contributed by atoms with Crippen LogP contribution in [0.25, 0.3) is 0 Å². The van der Waals surface area contributed by atoms with Crippen molar-refractivity contribution >= 4 is 22.9 Å². The highest BCUT2D eigenvalue weighted by Gasteiger charge is 2.13. The Morgan fingerprint density at radius 2 is 2.33 bits per heavy atom. The molecule has 0 fully saturated rings. The second kappa shape index (κ2) is 6.23. The number of carbonyl (C=O) groups excluding carboxylic acids is 1. The number of hydrogen-bond acceptors (Lipinski definition) is 5. The maximum absolute atomic E-state index is 13.4. The van der Waals surface area contributed by atoms with Gasteiger partial charge < -0.3 is 9.88 Å². The van der Waals surface area contributed by atoms with Gasteiger partial charge in [-0.1, -0.05) is 11.3 Å². The largest absolute Gasteiger partial charge is 0.320 e. The van der Waals surface area contributed by atoms with E-state index in [0.717, 1.165) is 28.2 Å². The van der Waals surface area contributed by atoms with Gasteiger partial charge in [-0.3, -0.25) is 9.59 Å². The van der Waals surface area contributed by atoms with E-state index in [4.69, 9.17) is 5.26 Å². The van der Waals surface area contributed by atoms with E-state index in [0.29, 0.717) is 0 Å². The van der Waals surface area contributed by atoms with Crippen molar-refractivity contribution in [3.05, 3.63) is 44.5 Å². The molecular weight excluding hydrogens is 302 g/mol. The Bertz CT molecular complexity index is 778. The topological polar surface area (TPSA) is 87.8 Å². The molecule has 0 aliphatic carbocycles. The number of pyridine rings is 1. The fourth-order valence-electron chi connectivity index (χ4n) is 1.55. The summed E-state index contributed by atoms with van der Waals surface area (Å²) < 4.78 is 26.5. The van der Waals surface area contributed by atoms with Crippen LogP contribution in [0.15, 0.2) is 23.3 Å². The van der Waals surface area contributed by atoms with Crippen LogP contribution in [0, 0.1) is 17.1 Å². The van der Waals surface area contributed by atoms with Crippen molar-refractivity contribution < 1.29 is 13.6 Å². The summed E-state index contributed by atoms with van der Waals surface area (Å²) in [5.41, 5.74) is -0.951. The predicted molar refractivity (Wildman–Crippen MR) is 71.4 cm³/mol. The van der Waals surface area contributed by atoms with Gasteiger partial charge in [-0.05, 0) is 0 Å². The molecule has 0 saturated heterocycles. The van der Waals surface area contributed by atoms with Crippen molar-refractivity contribution in [1.29, 1.82) is 5.26 Å². The standard InChI is InChI=1S/C12H8F2N4O2S/c13-1-2-18-6-7(3-8(14)12(18)20)17-11(19)9-5-16-10(4-15)21-9/h3,5-6H,1-2H2,(H,17,19). The summed E-state index contributed by atoms with van der Waals surface area (Å²) >= 11 is 0.875. The zero-order valence-electron chi connectivity index (χ0n) is 10.5. The summed E-state index contributed by atoms with van der Waals surface area (Å²) in [6, 6.07) is 2.64. The number of rotatable bonds is 4. The van der Waals surface area contributed by atoms with Crippen molar-refractivity contribution in [2.45, 2.75) is 6.54 Å². The third kappa shape index (κ3) is 3.29. The number of aryl methyl sites for hydroxylation is 1. The molecule has 0 aliphatic heterocycles. The quantitative estimate of drug-likeness (QED) is 0.927. The highest BCUT2D eigenvalue weighted by Crippen LogP contribution is 2.15. The third-order valence-electron chi connectivity index (χ3n) is 2.45. The predicted octanol–water partition coefficient (Wildman–Crippen LogP) is 1.54. The Morgan fingerprint density at radius 1 is 1.57 bits per heavy atom. The van der Waals surface area contributed by atoms with Crippen LogP contribution in [0.3, 0.4) is 0 Å². The number of nitrogens with zero attached hydrogens (tertiary/aromatic N) is 3. The third-order valence-corrected chi connectivity index (χ3v) is 3.35. The summed E-state index contributed by atoms with van der Waals surface area (Å²) in [6.07, 6.45) is 2.36. The van der Waals surface area contributed by atoms with Gasteiger partial charge in [0.2, 0.25) is 0 Å². The van der Waals surface area contributed by atoms with Crippen molar-refractivity contribution in [3.63, 3.8) is 0 Å². The van der Waals surface area contributed by atoms with Crippen LogP contribution < -0.4 is 10.9 Å². The number of nitriles is 1. The molecule has 0 radical (unpaired) electrons. The number of thiazole rings is 1. The minimum atomic E-state index is -1.09. The van der Waals surface area contributed by atoms with Gasteiger partial charge in [0.05, 0.1) is 18.4 Å². The fraction of sp³-hybridized carbons (Fsp3) is 0.167. The second-order valence-corrected chi connectivity index (χ2v) is 4.89. The van der Waals surface area contributed by atoms with Crippen LogP contribution in [0.4, 0.5) is 14.5 Å². The highest BCUT2D eigenvalue weighted by molar-refractivity contribution is 7.14. The molecule has 108 valence electrons. The molecule has 1 amide bonds. The second-order valence-electron chi connectivity index (χ2n) is 3.86. The average Bonchev–Trinajstić information content (AvgIpc) is 2.93. The SMILES string of the molecule is N#Cc1ncc(C(=O)Nc2cc(F)c(=O)n(CCF)c2)s1. The van der Waals surface area contributed by atoms with Crippen LogP contribution in [-0.4, -0.2) is 22.1 Å². The lowest BCUT2D eigenvalue weighted by atomic mass is 10.3. The molecule has 9 heteroatoms. The number of alkyl halides is 1. The van der Waals surface area contributed by atoms with Crippen molar-refractivity contribution in [1.82, 2.24) is 9.55 Å². The molecule has 6 nitrogen and oxygen atoms in total. The van der Waals surface area contributed by atoms with Gasteiger partial charge in [-0.2, -0.15) is 5.26 Å². The van der Waals surface area contributed by atoms with E-state index in [-0.39, 0.29) is 22.1 Å². The van der Waals surface area contributed by atoms with Gasteiger partial charge in [-0.25, -0.2) is 13.8 Å². The zero-order chi connectivity index (χ0) is 15.4. The number of hydrogen-bond donors (Lipinski definition) is 1. The molecule has 2 rings (SSSR count). The summed E-state index contributed by atoms with van der Waals surface area (Å²) in [5, 5.41) is 11.1. The lowest BCUT2D eigenvalue weighted by molar-refractivity contribution is 0.103. The van der Waals surface area contributed by atoms with Gasteiger partial charge in [0.25, 0.3) is 11.5 Å². The van der Waals surface area contributed by atoms with Crippen LogP contribution in [-0.2, 0) is 6.54 Å². The van der Waals surface area contributed by atoms with Crippen LogP contribution in [0.2, 0.25) is 0 Å². The molecule has 0 bridgehead atoms. The lowest BCUT2D eigenvalue weighted by Gasteiger charge is -2.08. The van der Waals surface area contributed by atoms with E-state index < -0.39 is 24.0 Å². The lowest BCUT2D eigenvalue weighted by Crippen LogP contribution is -2.24. The van der Waals surface area contributed by atoms with E-state index in [1.807, 2.05) is 0 Å². The van der Waals surface area contributed by atoms with Gasteiger partial charge in [0.15, 0.2) is 10.8 Å². The summed E-state index contributed by atoms with van der Waals surface area (Å²) in [7, 11) is 0. The first-order valence-corrected chi connectivity index (χ1v) is 6.50. The molecular formula is C12H8F2N4O2S. The Labute approximate surface area is 121 Å². The van der Waals surface area contributed by atoms with E-state index >= 15 is 0 Å². The molecule has 0 saturated carbocycles. The number of amides is 1. The van der Waals surface area contributed by atoms with Gasteiger partial charge in [0, 0.05) is 12.3 Å². The minimum Gasteiger partial charge on any atom is -0.320 e. The molecule has 2 heterocycles. The number of anilines is 1. The highest BCUT2D eigenvalue weighted by atomic mass is 32.1. The average molecular weight is 310 g/mol. The van der Waals surface area contributed by atoms with E-state index in [2.05, 4.69) is 10.3 Å². The van der Waals surface area contributed by atoms with E-state index in [9.17, 15) is 18.4 Å². The summed E-state index contributed by atoms with van der Waals surface area (Å²) in [5.74, 6) is -1.69. The molecule has 2 aromatic heterocycles. The number of halogens is 2. The van der Waals surface area contributed by atoms with Crippen LogP contribution in [0.1, 0.15) is 14.7 Å². The van der Waals surface area contributed by atoms with E-state index in [1.54, 1.807) is 6.07 Å². The number of nitrogens with one attached hydrogen (secondary N) is 1. The monoisotopic (exact) mass is 310 g/mol. The molecule has 0 aliphatic rings. The molecule has 0 aromatic carbocycles. The summed E-state index contributed by atoms with van der Waals surface area (Å²) in [4.78, 5) is 27.1. The van der Waals surface area contributed by atoms with Crippen molar-refractivity contribution in [2.24, 2.45) is 0 Å². The summed E-state index contributed by atoms with van der Waals surface area (Å²) in [6.45, 7) is -1.14.